The summed E-state index contributed by atoms with van der Waals surface area (Å²) in [6.07, 6.45) is 0. The van der Waals surface area contributed by atoms with Crippen LogP contribution in [-0.4, -0.2) is 18.5 Å². The summed E-state index contributed by atoms with van der Waals surface area (Å²) in [6, 6.07) is 6.60. The van der Waals surface area contributed by atoms with E-state index in [2.05, 4.69) is 20.7 Å². The number of carbonyl (C=O) groups is 2. The van der Waals surface area contributed by atoms with E-state index in [1.807, 2.05) is 0 Å². The van der Waals surface area contributed by atoms with Gasteiger partial charge < -0.3 is 10.5 Å². The van der Waals surface area contributed by atoms with Crippen LogP contribution in [0.5, 0.6) is 0 Å². The van der Waals surface area contributed by atoms with E-state index < -0.39 is 18.5 Å². The molecule has 0 saturated carbocycles. The van der Waals surface area contributed by atoms with Crippen LogP contribution in [0.4, 0.5) is 0 Å². The molecule has 0 atom stereocenters. The van der Waals surface area contributed by atoms with E-state index >= 15 is 0 Å². The van der Waals surface area contributed by atoms with Gasteiger partial charge in [-0.2, -0.15) is 0 Å². The molecule has 0 radical (unpaired) electrons. The van der Waals surface area contributed by atoms with Gasteiger partial charge in [0, 0.05) is 4.47 Å². The van der Waals surface area contributed by atoms with Crippen LogP contribution in [0.2, 0.25) is 0 Å². The highest BCUT2D eigenvalue weighted by atomic mass is 79.9. The zero-order chi connectivity index (χ0) is 10.6. The maximum Gasteiger partial charge on any atom is 0.338 e. The number of hydrogen-bond acceptors (Lipinski definition) is 3. The first-order valence-electron chi connectivity index (χ1n) is 3.80. The second-order valence-electron chi connectivity index (χ2n) is 2.55. The van der Waals surface area contributed by atoms with Crippen LogP contribution >= 0.6 is 15.9 Å². The van der Waals surface area contributed by atoms with Crippen molar-refractivity contribution in [2.24, 2.45) is 5.73 Å². The molecule has 0 heterocycles. The molecule has 1 aromatic carbocycles. The van der Waals surface area contributed by atoms with Crippen molar-refractivity contribution < 1.29 is 14.3 Å². The van der Waals surface area contributed by atoms with Gasteiger partial charge in [-0.1, -0.05) is 15.9 Å². The summed E-state index contributed by atoms with van der Waals surface area (Å²) in [5.74, 6) is -1.23. The van der Waals surface area contributed by atoms with Crippen molar-refractivity contribution in [3.8, 4) is 0 Å². The normalized spacial score (nSPS) is 9.50. The predicted molar refractivity (Wildman–Crippen MR) is 53.6 cm³/mol. The standard InChI is InChI=1S/C9H8BrNO3/c10-7-3-1-6(2-4-7)9(13)14-5-8(11)12/h1-4H,5H2,(H2,11,12). The minimum atomic E-state index is -0.671. The van der Waals surface area contributed by atoms with Crippen molar-refractivity contribution in [1.82, 2.24) is 0 Å². The predicted octanol–water partition coefficient (Wildman–Crippen LogP) is 1.09. The summed E-state index contributed by atoms with van der Waals surface area (Å²) in [6.45, 7) is -0.394. The number of nitrogens with two attached hydrogens (primary N) is 1. The number of amides is 1. The molecule has 0 aliphatic heterocycles. The van der Waals surface area contributed by atoms with Crippen molar-refractivity contribution in [3.63, 3.8) is 0 Å². The van der Waals surface area contributed by atoms with E-state index in [4.69, 9.17) is 5.73 Å². The van der Waals surface area contributed by atoms with Gasteiger partial charge in [-0.15, -0.1) is 0 Å². The first-order chi connectivity index (χ1) is 6.59. The summed E-state index contributed by atoms with van der Waals surface area (Å²) in [5, 5.41) is 0. The molecule has 2 N–H and O–H groups in total. The number of benzene rings is 1. The Morgan fingerprint density at radius 1 is 1.29 bits per heavy atom. The third-order valence-electron chi connectivity index (χ3n) is 1.43. The molecule has 0 fully saturated rings. The molecular formula is C9H8BrNO3. The fourth-order valence-electron chi connectivity index (χ4n) is 0.806. The van der Waals surface area contributed by atoms with E-state index in [1.54, 1.807) is 24.3 Å². The molecule has 0 saturated heterocycles. The molecule has 0 unspecified atom stereocenters. The summed E-state index contributed by atoms with van der Waals surface area (Å²) >= 11 is 3.23. The maximum atomic E-state index is 11.2. The Morgan fingerprint density at radius 2 is 1.86 bits per heavy atom. The highest BCUT2D eigenvalue weighted by Crippen LogP contribution is 2.11. The molecule has 4 nitrogen and oxygen atoms in total. The highest BCUT2D eigenvalue weighted by molar-refractivity contribution is 9.10. The molecule has 74 valence electrons. The van der Waals surface area contributed by atoms with Gasteiger partial charge in [-0.25, -0.2) is 4.79 Å². The van der Waals surface area contributed by atoms with Crippen LogP contribution in [0.1, 0.15) is 10.4 Å². The Labute approximate surface area is 89.2 Å². The van der Waals surface area contributed by atoms with Crippen LogP contribution in [0.15, 0.2) is 28.7 Å². The van der Waals surface area contributed by atoms with E-state index in [0.29, 0.717) is 5.56 Å². The zero-order valence-corrected chi connectivity index (χ0v) is 8.78. The van der Waals surface area contributed by atoms with Gasteiger partial charge >= 0.3 is 5.97 Å². The number of esters is 1. The van der Waals surface area contributed by atoms with Crippen molar-refractivity contribution >= 4 is 27.8 Å². The van der Waals surface area contributed by atoms with Crippen molar-refractivity contribution in [2.45, 2.75) is 0 Å². The molecule has 0 spiro atoms. The van der Waals surface area contributed by atoms with Gasteiger partial charge in [-0.3, -0.25) is 4.79 Å². The summed E-state index contributed by atoms with van der Waals surface area (Å²) < 4.78 is 5.47. The van der Waals surface area contributed by atoms with Crippen LogP contribution in [0, 0.1) is 0 Å². The van der Waals surface area contributed by atoms with Gasteiger partial charge in [0.25, 0.3) is 5.91 Å². The highest BCUT2D eigenvalue weighted by Gasteiger charge is 2.07. The lowest BCUT2D eigenvalue weighted by atomic mass is 10.2. The molecule has 0 aliphatic carbocycles. The number of carbonyl (C=O) groups excluding carboxylic acids is 2. The minimum absolute atomic E-state index is 0.384. The van der Waals surface area contributed by atoms with Crippen LogP contribution < -0.4 is 5.73 Å². The number of primary amides is 1. The average molecular weight is 258 g/mol. The van der Waals surface area contributed by atoms with E-state index in [1.165, 1.54) is 0 Å². The Bertz CT molecular complexity index is 348. The monoisotopic (exact) mass is 257 g/mol. The number of hydrogen-bond donors (Lipinski definition) is 1. The van der Waals surface area contributed by atoms with Gasteiger partial charge in [0.05, 0.1) is 5.56 Å². The maximum absolute atomic E-state index is 11.2. The van der Waals surface area contributed by atoms with Crippen molar-refractivity contribution in [2.75, 3.05) is 6.61 Å². The first kappa shape index (κ1) is 10.7. The molecule has 1 amide bonds. The SMILES string of the molecule is NC(=O)COC(=O)c1ccc(Br)cc1. The van der Waals surface area contributed by atoms with E-state index in [-0.39, 0.29) is 0 Å². The lowest BCUT2D eigenvalue weighted by molar-refractivity contribution is -0.121. The van der Waals surface area contributed by atoms with Crippen molar-refractivity contribution in [1.29, 1.82) is 0 Å². The fraction of sp³-hybridized carbons (Fsp3) is 0.111. The average Bonchev–Trinajstić information content (AvgIpc) is 2.15. The van der Waals surface area contributed by atoms with Gasteiger partial charge in [0.2, 0.25) is 0 Å². The van der Waals surface area contributed by atoms with Crippen LogP contribution in [0.3, 0.4) is 0 Å². The fourth-order valence-corrected chi connectivity index (χ4v) is 1.07. The molecule has 0 bridgehead atoms. The molecule has 14 heavy (non-hydrogen) atoms. The number of halogens is 1. The summed E-state index contributed by atoms with van der Waals surface area (Å²) in [7, 11) is 0. The largest absolute Gasteiger partial charge is 0.452 e. The zero-order valence-electron chi connectivity index (χ0n) is 7.20. The molecule has 1 aromatic rings. The second kappa shape index (κ2) is 4.76. The van der Waals surface area contributed by atoms with Crippen LogP contribution in [0.25, 0.3) is 0 Å². The molecule has 0 aliphatic rings. The number of rotatable bonds is 3. The van der Waals surface area contributed by atoms with Gasteiger partial charge in [-0.05, 0) is 24.3 Å². The molecular weight excluding hydrogens is 250 g/mol. The lowest BCUT2D eigenvalue weighted by Gasteiger charge is -2.01. The Morgan fingerprint density at radius 3 is 2.36 bits per heavy atom. The Balaban J connectivity index is 2.61. The lowest BCUT2D eigenvalue weighted by Crippen LogP contribution is -2.20. The van der Waals surface area contributed by atoms with Crippen molar-refractivity contribution in [3.05, 3.63) is 34.3 Å². The third kappa shape index (κ3) is 3.18. The third-order valence-corrected chi connectivity index (χ3v) is 1.95. The first-order valence-corrected chi connectivity index (χ1v) is 4.60. The summed E-state index contributed by atoms with van der Waals surface area (Å²) in [5.41, 5.74) is 5.20. The minimum Gasteiger partial charge on any atom is -0.452 e. The van der Waals surface area contributed by atoms with E-state index in [0.717, 1.165) is 4.47 Å². The Kier molecular flexibility index (Phi) is 3.64. The van der Waals surface area contributed by atoms with Gasteiger partial charge in [0.15, 0.2) is 6.61 Å². The topological polar surface area (TPSA) is 69.4 Å². The smallest absolute Gasteiger partial charge is 0.338 e. The Hall–Kier alpha value is -1.36. The van der Waals surface area contributed by atoms with E-state index in [9.17, 15) is 9.59 Å². The van der Waals surface area contributed by atoms with Crippen LogP contribution in [-0.2, 0) is 9.53 Å². The molecule has 5 heteroatoms. The van der Waals surface area contributed by atoms with Gasteiger partial charge in [0.1, 0.15) is 0 Å². The molecule has 1 rings (SSSR count). The quantitative estimate of drug-likeness (QED) is 0.825. The number of ether oxygens (including phenoxy) is 1. The molecule has 0 aromatic heterocycles. The second-order valence-corrected chi connectivity index (χ2v) is 3.47. The summed E-state index contributed by atoms with van der Waals surface area (Å²) in [4.78, 5) is 21.5.